The van der Waals surface area contributed by atoms with E-state index in [4.69, 9.17) is 6.42 Å². The molecule has 12 heavy (non-hydrogen) atoms. The van der Waals surface area contributed by atoms with E-state index in [1.165, 1.54) is 0 Å². The fourth-order valence-corrected chi connectivity index (χ4v) is 1.63. The van der Waals surface area contributed by atoms with Crippen molar-refractivity contribution in [2.24, 2.45) is 0 Å². The van der Waals surface area contributed by atoms with Crippen LogP contribution in [-0.4, -0.2) is 36.1 Å². The van der Waals surface area contributed by atoms with E-state index < -0.39 is 0 Å². The molecule has 68 valence electrons. The quantitative estimate of drug-likeness (QED) is 0.577. The van der Waals surface area contributed by atoms with Crippen LogP contribution in [0.3, 0.4) is 0 Å². The van der Waals surface area contributed by atoms with E-state index in [1.54, 1.807) is 0 Å². The molecule has 0 radical (unpaired) electrons. The summed E-state index contributed by atoms with van der Waals surface area (Å²) in [6.45, 7) is 8.70. The molecule has 0 aromatic heterocycles. The second kappa shape index (κ2) is 3.93. The molecule has 0 saturated carbocycles. The summed E-state index contributed by atoms with van der Waals surface area (Å²) in [4.78, 5) is 2.42. The Morgan fingerprint density at radius 1 is 1.50 bits per heavy atom. The van der Waals surface area contributed by atoms with E-state index in [1.807, 2.05) is 0 Å². The molecule has 1 fully saturated rings. The van der Waals surface area contributed by atoms with Crippen molar-refractivity contribution in [3.63, 3.8) is 0 Å². The maximum atomic E-state index is 5.39. The lowest BCUT2D eigenvalue weighted by Gasteiger charge is -2.37. The van der Waals surface area contributed by atoms with Crippen molar-refractivity contribution in [2.75, 3.05) is 13.1 Å². The van der Waals surface area contributed by atoms with Gasteiger partial charge in [-0.15, -0.1) is 6.42 Å². The third kappa shape index (κ3) is 2.23. The molecule has 0 aliphatic carbocycles. The molecule has 1 rings (SSSR count). The molecular weight excluding hydrogens is 148 g/mol. The molecule has 0 aromatic carbocycles. The van der Waals surface area contributed by atoms with Crippen LogP contribution in [0.5, 0.6) is 0 Å². The normalized spacial score (nSPS) is 31.9. The third-order valence-corrected chi connectivity index (χ3v) is 2.34. The zero-order valence-corrected chi connectivity index (χ0v) is 8.17. The molecule has 0 aromatic rings. The number of hydrogen-bond acceptors (Lipinski definition) is 2. The van der Waals surface area contributed by atoms with Gasteiger partial charge in [-0.05, 0) is 20.8 Å². The van der Waals surface area contributed by atoms with Crippen molar-refractivity contribution >= 4 is 0 Å². The zero-order chi connectivity index (χ0) is 9.14. The number of terminal acetylenes is 1. The van der Waals surface area contributed by atoms with Gasteiger partial charge in [-0.1, -0.05) is 5.92 Å². The van der Waals surface area contributed by atoms with Gasteiger partial charge in [-0.25, -0.2) is 0 Å². The largest absolute Gasteiger partial charge is 0.299 e. The molecule has 0 bridgehead atoms. The Balaban J connectivity index is 2.52. The summed E-state index contributed by atoms with van der Waals surface area (Å²) in [5, 5.41) is 3.37. The lowest BCUT2D eigenvalue weighted by Crippen LogP contribution is -2.56. The highest BCUT2D eigenvalue weighted by Crippen LogP contribution is 2.07. The van der Waals surface area contributed by atoms with Crippen molar-refractivity contribution in [2.45, 2.75) is 38.9 Å². The molecule has 1 aliphatic rings. The Kier molecular flexibility index (Phi) is 3.13. The van der Waals surface area contributed by atoms with E-state index >= 15 is 0 Å². The minimum atomic E-state index is 0.233. The van der Waals surface area contributed by atoms with Gasteiger partial charge in [0, 0.05) is 25.2 Å². The molecule has 1 N–H and O–H groups in total. The highest BCUT2D eigenvalue weighted by molar-refractivity contribution is 5.04. The lowest BCUT2D eigenvalue weighted by molar-refractivity contribution is 0.150. The zero-order valence-electron chi connectivity index (χ0n) is 8.17. The monoisotopic (exact) mass is 166 g/mol. The van der Waals surface area contributed by atoms with Crippen LogP contribution >= 0.6 is 0 Å². The number of nitrogens with zero attached hydrogens (tertiary/aromatic N) is 1. The number of piperazine rings is 1. The van der Waals surface area contributed by atoms with Crippen LogP contribution in [-0.2, 0) is 0 Å². The highest BCUT2D eigenvalue weighted by atomic mass is 15.2. The van der Waals surface area contributed by atoms with E-state index in [9.17, 15) is 0 Å². The molecule has 2 nitrogen and oxygen atoms in total. The Hall–Kier alpha value is -0.520. The maximum Gasteiger partial charge on any atom is 0.0818 e. The predicted molar refractivity (Wildman–Crippen MR) is 51.9 cm³/mol. The van der Waals surface area contributed by atoms with E-state index in [2.05, 4.69) is 36.9 Å². The van der Waals surface area contributed by atoms with Gasteiger partial charge in [-0.3, -0.25) is 10.2 Å². The SMILES string of the molecule is C#C[C@H]1CN(C(C)C)C[C@H](C)N1. The molecule has 0 spiro atoms. The van der Waals surface area contributed by atoms with Gasteiger partial charge >= 0.3 is 0 Å². The molecule has 0 unspecified atom stereocenters. The summed E-state index contributed by atoms with van der Waals surface area (Å²) in [5.74, 6) is 2.77. The fraction of sp³-hybridized carbons (Fsp3) is 0.800. The van der Waals surface area contributed by atoms with Crippen molar-refractivity contribution in [3.05, 3.63) is 0 Å². The van der Waals surface area contributed by atoms with Crippen LogP contribution in [0.4, 0.5) is 0 Å². The number of nitrogens with one attached hydrogen (secondary N) is 1. The van der Waals surface area contributed by atoms with Crippen LogP contribution in [0.1, 0.15) is 20.8 Å². The van der Waals surface area contributed by atoms with Crippen molar-refractivity contribution in [1.29, 1.82) is 0 Å². The molecule has 1 aliphatic heterocycles. The van der Waals surface area contributed by atoms with Crippen LogP contribution in [0, 0.1) is 12.3 Å². The minimum Gasteiger partial charge on any atom is -0.299 e. The van der Waals surface area contributed by atoms with Gasteiger partial charge in [0.2, 0.25) is 0 Å². The molecule has 0 amide bonds. The van der Waals surface area contributed by atoms with Crippen molar-refractivity contribution in [1.82, 2.24) is 10.2 Å². The highest BCUT2D eigenvalue weighted by Gasteiger charge is 2.23. The van der Waals surface area contributed by atoms with Gasteiger partial charge < -0.3 is 0 Å². The van der Waals surface area contributed by atoms with Crippen molar-refractivity contribution < 1.29 is 0 Å². The second-order valence-electron chi connectivity index (χ2n) is 3.83. The number of hydrogen-bond donors (Lipinski definition) is 1. The fourth-order valence-electron chi connectivity index (χ4n) is 1.63. The Morgan fingerprint density at radius 3 is 2.67 bits per heavy atom. The summed E-state index contributed by atoms with van der Waals surface area (Å²) in [6.07, 6.45) is 5.39. The van der Waals surface area contributed by atoms with Crippen LogP contribution < -0.4 is 5.32 Å². The topological polar surface area (TPSA) is 15.3 Å². The Labute approximate surface area is 75.3 Å². The third-order valence-electron chi connectivity index (χ3n) is 2.34. The maximum absolute atomic E-state index is 5.39. The molecule has 1 heterocycles. The first-order valence-corrected chi connectivity index (χ1v) is 4.59. The summed E-state index contributed by atoms with van der Waals surface area (Å²) >= 11 is 0. The van der Waals surface area contributed by atoms with Gasteiger partial charge in [0.15, 0.2) is 0 Å². The van der Waals surface area contributed by atoms with Gasteiger partial charge in [-0.2, -0.15) is 0 Å². The Bertz CT molecular complexity index is 181. The van der Waals surface area contributed by atoms with Gasteiger partial charge in [0.25, 0.3) is 0 Å². The summed E-state index contributed by atoms with van der Waals surface area (Å²) in [5.41, 5.74) is 0. The molecule has 1 saturated heterocycles. The molecular formula is C10H18N2. The van der Waals surface area contributed by atoms with Gasteiger partial charge in [0.05, 0.1) is 6.04 Å². The van der Waals surface area contributed by atoms with Crippen molar-refractivity contribution in [3.8, 4) is 12.3 Å². The van der Waals surface area contributed by atoms with Crippen LogP contribution in [0.2, 0.25) is 0 Å². The minimum absolute atomic E-state index is 0.233. The molecule has 2 heteroatoms. The van der Waals surface area contributed by atoms with E-state index in [0.29, 0.717) is 12.1 Å². The lowest BCUT2D eigenvalue weighted by atomic mass is 10.1. The summed E-state index contributed by atoms with van der Waals surface area (Å²) < 4.78 is 0. The summed E-state index contributed by atoms with van der Waals surface area (Å²) in [7, 11) is 0. The average molecular weight is 166 g/mol. The number of rotatable bonds is 1. The first kappa shape index (κ1) is 9.57. The smallest absolute Gasteiger partial charge is 0.0818 e. The Morgan fingerprint density at radius 2 is 2.17 bits per heavy atom. The predicted octanol–water partition coefficient (Wildman–Crippen LogP) is 0.690. The second-order valence-corrected chi connectivity index (χ2v) is 3.83. The van der Waals surface area contributed by atoms with Crippen LogP contribution in [0.25, 0.3) is 0 Å². The standard InChI is InChI=1S/C10H18N2/c1-5-10-7-12(8(2)3)6-9(4)11-10/h1,8-11H,6-7H2,2-4H3/t9-,10-/m0/s1. The average Bonchev–Trinajstić information content (AvgIpc) is 2.03. The first-order valence-electron chi connectivity index (χ1n) is 4.59. The van der Waals surface area contributed by atoms with E-state index in [-0.39, 0.29) is 6.04 Å². The molecule has 2 atom stereocenters. The van der Waals surface area contributed by atoms with E-state index in [0.717, 1.165) is 13.1 Å². The summed E-state index contributed by atoms with van der Waals surface area (Å²) in [6, 6.07) is 1.35. The first-order chi connectivity index (χ1) is 5.63. The van der Waals surface area contributed by atoms with Crippen LogP contribution in [0.15, 0.2) is 0 Å². The van der Waals surface area contributed by atoms with Gasteiger partial charge in [0.1, 0.15) is 0 Å².